The van der Waals surface area contributed by atoms with Gasteiger partial charge in [-0.1, -0.05) is 28.1 Å². The van der Waals surface area contributed by atoms with Crippen LogP contribution < -0.4 is 10.2 Å². The number of hydrogen-bond acceptors (Lipinski definition) is 4. The van der Waals surface area contributed by atoms with E-state index in [1.807, 2.05) is 36.4 Å². The summed E-state index contributed by atoms with van der Waals surface area (Å²) in [6.07, 6.45) is 3.03. The number of rotatable bonds is 6. The minimum Gasteiger partial charge on any atom is -0.487 e. The molecule has 0 unspecified atom stereocenters. The van der Waals surface area contributed by atoms with Gasteiger partial charge in [0.05, 0.1) is 19.6 Å². The maximum atomic E-state index is 11.8. The molecule has 0 aliphatic heterocycles. The topological polar surface area (TPSA) is 63.8 Å². The first-order valence-electron chi connectivity index (χ1n) is 7.76. The third-order valence-electron chi connectivity index (χ3n) is 3.44. The number of hydrazone groups is 1. The van der Waals surface area contributed by atoms with Crippen LogP contribution in [0.25, 0.3) is 0 Å². The molecular formula is C19H13BrI2N2O3. The fraction of sp³-hybridized carbons (Fsp3) is 0.0526. The molecule has 0 saturated carbocycles. The van der Waals surface area contributed by atoms with Crippen LogP contribution in [0, 0.1) is 7.14 Å². The molecule has 0 bridgehead atoms. The molecule has 0 saturated heterocycles. The number of carbonyl (C=O) groups excluding carboxylic acids is 1. The van der Waals surface area contributed by atoms with Gasteiger partial charge in [0.1, 0.15) is 12.4 Å². The van der Waals surface area contributed by atoms with Crippen molar-refractivity contribution in [1.82, 2.24) is 5.43 Å². The van der Waals surface area contributed by atoms with Crippen LogP contribution in [0.1, 0.15) is 21.7 Å². The van der Waals surface area contributed by atoms with Crippen LogP contribution >= 0.6 is 61.1 Å². The van der Waals surface area contributed by atoms with Gasteiger partial charge in [-0.05, 0) is 92.7 Å². The van der Waals surface area contributed by atoms with Crippen LogP contribution in [0.5, 0.6) is 5.75 Å². The first-order chi connectivity index (χ1) is 13.0. The van der Waals surface area contributed by atoms with Gasteiger partial charge in [0.15, 0.2) is 5.76 Å². The largest absolute Gasteiger partial charge is 0.487 e. The van der Waals surface area contributed by atoms with E-state index in [1.165, 1.54) is 6.26 Å². The average molecular weight is 651 g/mol. The van der Waals surface area contributed by atoms with Gasteiger partial charge in [0.25, 0.3) is 0 Å². The Morgan fingerprint density at radius 1 is 1.19 bits per heavy atom. The molecule has 0 aliphatic rings. The van der Waals surface area contributed by atoms with E-state index in [9.17, 15) is 4.79 Å². The molecular weight excluding hydrogens is 638 g/mol. The summed E-state index contributed by atoms with van der Waals surface area (Å²) in [6, 6.07) is 15.1. The van der Waals surface area contributed by atoms with Crippen molar-refractivity contribution in [2.75, 3.05) is 0 Å². The van der Waals surface area contributed by atoms with Gasteiger partial charge in [-0.25, -0.2) is 5.43 Å². The number of hydrogen-bond donors (Lipinski definition) is 1. The lowest BCUT2D eigenvalue weighted by Crippen LogP contribution is -2.16. The highest BCUT2D eigenvalue weighted by molar-refractivity contribution is 14.1. The summed E-state index contributed by atoms with van der Waals surface area (Å²) in [7, 11) is 0. The Hall–Kier alpha value is -1.40. The zero-order valence-corrected chi connectivity index (χ0v) is 19.7. The Bertz CT molecular complexity index is 935. The van der Waals surface area contributed by atoms with Crippen LogP contribution in [0.2, 0.25) is 0 Å². The normalized spacial score (nSPS) is 10.9. The van der Waals surface area contributed by atoms with Gasteiger partial charge in [0.2, 0.25) is 0 Å². The molecule has 0 fully saturated rings. The van der Waals surface area contributed by atoms with E-state index in [2.05, 4.69) is 71.6 Å². The molecule has 2 aromatic carbocycles. The van der Waals surface area contributed by atoms with E-state index in [-0.39, 0.29) is 5.76 Å². The SMILES string of the molecule is O=C(N/N=C/c1cc(I)c(OCc2ccc(Br)cc2)c(I)c1)c1ccco1. The third kappa shape index (κ3) is 5.79. The molecule has 0 atom stereocenters. The number of nitrogens with zero attached hydrogens (tertiary/aromatic N) is 1. The minimum absolute atomic E-state index is 0.216. The standard InChI is InChI=1S/C19H13BrI2N2O3/c20-14-5-3-12(4-6-14)11-27-18-15(21)8-13(9-16(18)22)10-23-24-19(25)17-2-1-7-26-17/h1-10H,11H2,(H,24,25)/b23-10+. The lowest BCUT2D eigenvalue weighted by atomic mass is 10.2. The highest BCUT2D eigenvalue weighted by Gasteiger charge is 2.10. The van der Waals surface area contributed by atoms with Crippen molar-refractivity contribution in [2.45, 2.75) is 6.61 Å². The molecule has 3 rings (SSSR count). The van der Waals surface area contributed by atoms with Crippen molar-refractivity contribution in [3.05, 3.63) is 83.3 Å². The first-order valence-corrected chi connectivity index (χ1v) is 10.7. The zero-order valence-electron chi connectivity index (χ0n) is 13.8. The molecule has 0 spiro atoms. The highest BCUT2D eigenvalue weighted by Crippen LogP contribution is 2.29. The molecule has 138 valence electrons. The molecule has 1 N–H and O–H groups in total. The summed E-state index contributed by atoms with van der Waals surface area (Å²) >= 11 is 7.89. The van der Waals surface area contributed by atoms with Gasteiger partial charge < -0.3 is 9.15 Å². The van der Waals surface area contributed by atoms with Crippen molar-refractivity contribution >= 4 is 73.2 Å². The van der Waals surface area contributed by atoms with E-state index >= 15 is 0 Å². The van der Waals surface area contributed by atoms with Crippen molar-refractivity contribution in [3.8, 4) is 5.75 Å². The lowest BCUT2D eigenvalue weighted by Gasteiger charge is -2.11. The van der Waals surface area contributed by atoms with Crippen LogP contribution in [0.4, 0.5) is 0 Å². The number of amides is 1. The maximum Gasteiger partial charge on any atom is 0.307 e. The van der Waals surface area contributed by atoms with Gasteiger partial charge in [-0.15, -0.1) is 0 Å². The average Bonchev–Trinajstić information content (AvgIpc) is 3.17. The maximum absolute atomic E-state index is 11.8. The molecule has 0 radical (unpaired) electrons. The molecule has 1 amide bonds. The van der Waals surface area contributed by atoms with E-state index in [0.29, 0.717) is 6.61 Å². The zero-order chi connectivity index (χ0) is 19.2. The summed E-state index contributed by atoms with van der Waals surface area (Å²) in [5.41, 5.74) is 4.39. The van der Waals surface area contributed by atoms with E-state index in [0.717, 1.165) is 28.5 Å². The predicted molar refractivity (Wildman–Crippen MR) is 124 cm³/mol. The smallest absolute Gasteiger partial charge is 0.307 e. The first kappa shape index (κ1) is 20.3. The summed E-state index contributed by atoms with van der Waals surface area (Å²) in [6.45, 7) is 0.492. The summed E-state index contributed by atoms with van der Waals surface area (Å²) in [5, 5.41) is 3.97. The van der Waals surface area contributed by atoms with Gasteiger partial charge in [-0.2, -0.15) is 5.10 Å². The number of ether oxygens (including phenoxy) is 1. The monoisotopic (exact) mass is 650 g/mol. The van der Waals surface area contributed by atoms with Crippen LogP contribution in [-0.2, 0) is 6.61 Å². The second-order valence-electron chi connectivity index (χ2n) is 5.41. The predicted octanol–water partition coefficient (Wildman–Crippen LogP) is 5.59. The quantitative estimate of drug-likeness (QED) is 0.215. The molecule has 27 heavy (non-hydrogen) atoms. The number of carbonyl (C=O) groups is 1. The van der Waals surface area contributed by atoms with Crippen molar-refractivity contribution in [3.63, 3.8) is 0 Å². The molecule has 5 nitrogen and oxygen atoms in total. The molecule has 3 aromatic rings. The van der Waals surface area contributed by atoms with Crippen LogP contribution in [-0.4, -0.2) is 12.1 Å². The number of nitrogens with one attached hydrogen (secondary N) is 1. The van der Waals surface area contributed by atoms with Crippen molar-refractivity contribution < 1.29 is 13.9 Å². The van der Waals surface area contributed by atoms with Crippen molar-refractivity contribution in [2.24, 2.45) is 5.10 Å². The lowest BCUT2D eigenvalue weighted by molar-refractivity contribution is 0.0927. The Balaban J connectivity index is 1.64. The second kappa shape index (κ2) is 9.69. The van der Waals surface area contributed by atoms with Gasteiger partial charge >= 0.3 is 5.91 Å². The highest BCUT2D eigenvalue weighted by atomic mass is 127. The molecule has 1 aromatic heterocycles. The Labute approximate surface area is 192 Å². The molecule has 1 heterocycles. The number of furan rings is 1. The third-order valence-corrected chi connectivity index (χ3v) is 5.57. The van der Waals surface area contributed by atoms with E-state index in [4.69, 9.17) is 9.15 Å². The minimum atomic E-state index is -0.393. The van der Waals surface area contributed by atoms with Crippen molar-refractivity contribution in [1.29, 1.82) is 0 Å². The second-order valence-corrected chi connectivity index (χ2v) is 8.65. The van der Waals surface area contributed by atoms with Crippen LogP contribution in [0.3, 0.4) is 0 Å². The van der Waals surface area contributed by atoms with Crippen LogP contribution in [0.15, 0.2) is 68.8 Å². The summed E-state index contributed by atoms with van der Waals surface area (Å²) in [4.78, 5) is 11.8. The molecule has 0 aliphatic carbocycles. The van der Waals surface area contributed by atoms with Gasteiger partial charge in [-0.3, -0.25) is 4.79 Å². The summed E-state index contributed by atoms with van der Waals surface area (Å²) < 4.78 is 14.0. The van der Waals surface area contributed by atoms with Gasteiger partial charge in [0, 0.05) is 4.47 Å². The van der Waals surface area contributed by atoms with E-state index < -0.39 is 5.91 Å². The fourth-order valence-corrected chi connectivity index (χ4v) is 4.55. The Morgan fingerprint density at radius 2 is 1.89 bits per heavy atom. The molecule has 8 heteroatoms. The Kier molecular flexibility index (Phi) is 7.30. The fourth-order valence-electron chi connectivity index (χ4n) is 2.16. The summed E-state index contributed by atoms with van der Waals surface area (Å²) in [5.74, 6) is 0.652. The Morgan fingerprint density at radius 3 is 2.52 bits per heavy atom. The number of benzene rings is 2. The number of halogens is 3. The van der Waals surface area contributed by atoms with E-state index in [1.54, 1.807) is 18.3 Å².